The highest BCUT2D eigenvalue weighted by Crippen LogP contribution is 2.40. The lowest BCUT2D eigenvalue weighted by Crippen LogP contribution is -2.29. The molecule has 158 valence electrons. The molecule has 2 heterocycles. The zero-order valence-electron chi connectivity index (χ0n) is 17.6. The molecular formula is C22H27N5O3. The van der Waals surface area contributed by atoms with Crippen LogP contribution in [0.15, 0.2) is 35.0 Å². The molecule has 0 saturated heterocycles. The molecule has 4 rings (SSSR count). The van der Waals surface area contributed by atoms with Crippen LogP contribution in [0.2, 0.25) is 0 Å². The van der Waals surface area contributed by atoms with Gasteiger partial charge in [0.1, 0.15) is 23.7 Å². The van der Waals surface area contributed by atoms with Crippen molar-refractivity contribution in [3.8, 4) is 5.75 Å². The van der Waals surface area contributed by atoms with Gasteiger partial charge >= 0.3 is 0 Å². The number of furan rings is 1. The van der Waals surface area contributed by atoms with Crippen LogP contribution in [0.25, 0.3) is 11.1 Å². The Hall–Kier alpha value is -3.29. The fourth-order valence-corrected chi connectivity index (χ4v) is 3.34. The monoisotopic (exact) mass is 409 g/mol. The Morgan fingerprint density at radius 2 is 2.03 bits per heavy atom. The normalized spacial score (nSPS) is 14.5. The van der Waals surface area contributed by atoms with E-state index < -0.39 is 0 Å². The highest BCUT2D eigenvalue weighted by Gasteiger charge is 2.38. The van der Waals surface area contributed by atoms with Crippen LogP contribution >= 0.6 is 0 Å². The van der Waals surface area contributed by atoms with Gasteiger partial charge in [-0.15, -0.1) is 0 Å². The molecule has 1 aliphatic carbocycles. The van der Waals surface area contributed by atoms with E-state index in [0.29, 0.717) is 53.5 Å². The zero-order valence-corrected chi connectivity index (χ0v) is 17.6. The summed E-state index contributed by atoms with van der Waals surface area (Å²) in [6, 6.07) is 7.27. The Morgan fingerprint density at radius 3 is 2.73 bits per heavy atom. The lowest BCUT2D eigenvalue weighted by Gasteiger charge is -2.18. The first-order valence-electron chi connectivity index (χ1n) is 10.1. The number of benzene rings is 1. The van der Waals surface area contributed by atoms with Gasteiger partial charge in [-0.25, -0.2) is 9.97 Å². The predicted molar refractivity (Wildman–Crippen MR) is 116 cm³/mol. The highest BCUT2D eigenvalue weighted by molar-refractivity contribution is 6.10. The molecule has 1 amide bonds. The second kappa shape index (κ2) is 7.85. The first-order chi connectivity index (χ1) is 14.4. The van der Waals surface area contributed by atoms with Crippen molar-refractivity contribution in [2.24, 2.45) is 0 Å². The minimum absolute atomic E-state index is 0.0259. The van der Waals surface area contributed by atoms with Crippen LogP contribution in [-0.2, 0) is 0 Å². The van der Waals surface area contributed by atoms with Crippen molar-refractivity contribution in [2.45, 2.75) is 38.6 Å². The molecule has 8 nitrogen and oxygen atoms in total. The number of carbonyl (C=O) groups excluding carboxylic acids is 1. The van der Waals surface area contributed by atoms with Gasteiger partial charge in [-0.1, -0.05) is 0 Å². The van der Waals surface area contributed by atoms with E-state index in [1.807, 2.05) is 12.1 Å². The molecule has 1 saturated carbocycles. The number of fused-ring (bicyclic) bond motifs is 1. The number of anilines is 2. The number of nitrogens with zero attached hydrogens (tertiary/aromatic N) is 3. The summed E-state index contributed by atoms with van der Waals surface area (Å²) in [7, 11) is 1.78. The third-order valence-corrected chi connectivity index (χ3v) is 5.43. The van der Waals surface area contributed by atoms with E-state index in [2.05, 4.69) is 22.2 Å². The molecule has 0 radical (unpaired) electrons. The third-order valence-electron chi connectivity index (χ3n) is 5.43. The number of hydrogen-bond acceptors (Lipinski definition) is 7. The number of nitrogens with two attached hydrogens (primary N) is 1. The van der Waals surface area contributed by atoms with Crippen molar-refractivity contribution in [1.29, 1.82) is 0 Å². The first kappa shape index (κ1) is 20.0. The van der Waals surface area contributed by atoms with Gasteiger partial charge in [0.25, 0.3) is 5.91 Å². The first-order valence-corrected chi connectivity index (χ1v) is 10.1. The van der Waals surface area contributed by atoms with Crippen LogP contribution in [0.1, 0.15) is 42.3 Å². The largest absolute Gasteiger partial charge is 0.494 e. The molecule has 3 aromatic rings. The van der Waals surface area contributed by atoms with Gasteiger partial charge in [-0.2, -0.15) is 0 Å². The standard InChI is InChI=1S/C22H27N5O3/c1-14-17(18-19(26-22(2)9-10-22)24-13-25-20(18)30-14)21(28)27(3)11-4-12-29-16-7-5-15(23)6-8-16/h5-8,13H,4,9-12,23H2,1-3H3,(H,24,25,26). The Morgan fingerprint density at radius 1 is 1.30 bits per heavy atom. The molecule has 0 unspecified atom stereocenters. The number of hydrogen-bond donors (Lipinski definition) is 2. The fourth-order valence-electron chi connectivity index (χ4n) is 3.34. The number of rotatable bonds is 8. The van der Waals surface area contributed by atoms with Gasteiger partial charge < -0.3 is 25.1 Å². The lowest BCUT2D eigenvalue weighted by molar-refractivity contribution is 0.0788. The van der Waals surface area contributed by atoms with Gasteiger partial charge in [0.15, 0.2) is 0 Å². The molecule has 30 heavy (non-hydrogen) atoms. The Bertz CT molecular complexity index is 1060. The molecule has 1 aromatic carbocycles. The van der Waals surface area contributed by atoms with Crippen molar-refractivity contribution in [3.63, 3.8) is 0 Å². The minimum atomic E-state index is -0.113. The molecule has 1 aliphatic rings. The van der Waals surface area contributed by atoms with E-state index in [9.17, 15) is 4.79 Å². The lowest BCUT2D eigenvalue weighted by atomic mass is 10.1. The van der Waals surface area contributed by atoms with Crippen LogP contribution in [0, 0.1) is 6.92 Å². The number of aryl methyl sites for hydroxylation is 1. The van der Waals surface area contributed by atoms with Gasteiger partial charge in [-0.3, -0.25) is 4.79 Å². The van der Waals surface area contributed by atoms with E-state index >= 15 is 0 Å². The maximum atomic E-state index is 13.2. The van der Waals surface area contributed by atoms with Crippen molar-refractivity contribution in [1.82, 2.24) is 14.9 Å². The van der Waals surface area contributed by atoms with Crippen molar-refractivity contribution in [3.05, 3.63) is 41.9 Å². The van der Waals surface area contributed by atoms with Gasteiger partial charge in [0, 0.05) is 24.8 Å². The summed E-state index contributed by atoms with van der Waals surface area (Å²) in [5, 5.41) is 4.10. The molecule has 1 fully saturated rings. The number of ether oxygens (including phenoxy) is 1. The van der Waals surface area contributed by atoms with Gasteiger partial charge in [-0.05, 0) is 57.4 Å². The van der Waals surface area contributed by atoms with Crippen molar-refractivity contribution >= 4 is 28.5 Å². The molecule has 8 heteroatoms. The highest BCUT2D eigenvalue weighted by atomic mass is 16.5. The van der Waals surface area contributed by atoms with Gasteiger partial charge in [0.05, 0.1) is 17.6 Å². The van der Waals surface area contributed by atoms with E-state index in [0.717, 1.165) is 18.6 Å². The molecule has 3 N–H and O–H groups in total. The molecule has 0 aliphatic heterocycles. The van der Waals surface area contributed by atoms with E-state index in [1.54, 1.807) is 31.0 Å². The summed E-state index contributed by atoms with van der Waals surface area (Å²) in [6.45, 7) is 4.98. The molecule has 0 bridgehead atoms. The molecular weight excluding hydrogens is 382 g/mol. The molecule has 0 spiro atoms. The summed E-state index contributed by atoms with van der Waals surface area (Å²) in [4.78, 5) is 23.5. The Labute approximate surface area is 175 Å². The number of nitrogens with one attached hydrogen (secondary N) is 1. The minimum Gasteiger partial charge on any atom is -0.494 e. The fraction of sp³-hybridized carbons (Fsp3) is 0.409. The maximum absolute atomic E-state index is 13.2. The summed E-state index contributed by atoms with van der Waals surface area (Å²) >= 11 is 0. The predicted octanol–water partition coefficient (Wildman–Crippen LogP) is 3.62. The summed E-state index contributed by atoms with van der Waals surface area (Å²) < 4.78 is 11.5. The van der Waals surface area contributed by atoms with Crippen molar-refractivity contribution in [2.75, 3.05) is 31.2 Å². The summed E-state index contributed by atoms with van der Waals surface area (Å²) in [6.07, 6.45) is 4.31. The Balaban J connectivity index is 1.44. The molecule has 0 atom stereocenters. The average Bonchev–Trinajstić information content (AvgIpc) is 3.34. The van der Waals surface area contributed by atoms with Crippen LogP contribution in [-0.4, -0.2) is 46.5 Å². The van der Waals surface area contributed by atoms with Crippen LogP contribution in [0.3, 0.4) is 0 Å². The number of aromatic nitrogens is 2. The van der Waals surface area contributed by atoms with Crippen LogP contribution in [0.5, 0.6) is 5.75 Å². The molecule has 2 aromatic heterocycles. The zero-order chi connectivity index (χ0) is 21.3. The maximum Gasteiger partial charge on any atom is 0.257 e. The smallest absolute Gasteiger partial charge is 0.257 e. The average molecular weight is 409 g/mol. The number of carbonyl (C=O) groups is 1. The SMILES string of the molecule is Cc1oc2ncnc(NC3(C)CC3)c2c1C(=O)N(C)CCCOc1ccc(N)cc1. The number of nitrogen functional groups attached to an aromatic ring is 1. The summed E-state index contributed by atoms with van der Waals surface area (Å²) in [5.41, 5.74) is 7.35. The van der Waals surface area contributed by atoms with Crippen molar-refractivity contribution < 1.29 is 13.9 Å². The van der Waals surface area contributed by atoms with Crippen LogP contribution in [0.4, 0.5) is 11.5 Å². The quantitative estimate of drug-likeness (QED) is 0.432. The topological polar surface area (TPSA) is 107 Å². The second-order valence-electron chi connectivity index (χ2n) is 8.12. The number of amides is 1. The van der Waals surface area contributed by atoms with Crippen LogP contribution < -0.4 is 15.8 Å². The van der Waals surface area contributed by atoms with E-state index in [4.69, 9.17) is 14.9 Å². The van der Waals surface area contributed by atoms with Gasteiger partial charge in [0.2, 0.25) is 5.71 Å². The third kappa shape index (κ3) is 4.17. The van der Waals surface area contributed by atoms with E-state index in [1.165, 1.54) is 6.33 Å². The Kier molecular flexibility index (Phi) is 5.24. The second-order valence-corrected chi connectivity index (χ2v) is 8.12. The van der Waals surface area contributed by atoms with E-state index in [-0.39, 0.29) is 11.4 Å². The summed E-state index contributed by atoms with van der Waals surface area (Å²) in [5.74, 6) is 1.85.